The average molecular weight is 301 g/mol. The van der Waals surface area contributed by atoms with Crippen LogP contribution in [0.2, 0.25) is 0 Å². The van der Waals surface area contributed by atoms with Gasteiger partial charge in [-0.3, -0.25) is 4.79 Å². The Morgan fingerprint density at radius 1 is 1.23 bits per heavy atom. The second kappa shape index (κ2) is 6.47. The molecule has 2 rings (SSSR count). The number of carbonyl (C=O) groups excluding carboxylic acids is 1. The summed E-state index contributed by atoms with van der Waals surface area (Å²) in [6.07, 6.45) is 1.89. The first-order valence-electron chi connectivity index (χ1n) is 7.01. The minimum absolute atomic E-state index is 0.00733. The fraction of sp³-hybridized carbons (Fsp3) is 0.294. The molecule has 0 atom stereocenters. The van der Waals surface area contributed by atoms with Gasteiger partial charge in [0.05, 0.1) is 5.56 Å². The predicted molar refractivity (Wildman–Crippen MR) is 81.9 cm³/mol. The van der Waals surface area contributed by atoms with Gasteiger partial charge in [-0.1, -0.05) is 44.2 Å². The molecule has 0 bridgehead atoms. The minimum Gasteiger partial charge on any atom is -0.478 e. The average Bonchev–Trinajstić information content (AvgIpc) is 2.95. The zero-order valence-electron chi connectivity index (χ0n) is 12.6. The second-order valence-corrected chi connectivity index (χ2v) is 6.01. The molecule has 1 amide bonds. The summed E-state index contributed by atoms with van der Waals surface area (Å²) in [5.41, 5.74) is 1.04. The van der Waals surface area contributed by atoms with Crippen LogP contribution in [0.5, 0.6) is 0 Å². The maximum atomic E-state index is 12.0. The molecule has 0 spiro atoms. The van der Waals surface area contributed by atoms with Gasteiger partial charge in [-0.2, -0.15) is 0 Å². The van der Waals surface area contributed by atoms with Crippen molar-refractivity contribution in [3.63, 3.8) is 0 Å². The Morgan fingerprint density at radius 2 is 1.91 bits per heavy atom. The zero-order chi connectivity index (χ0) is 16.2. The Morgan fingerprint density at radius 3 is 2.50 bits per heavy atom. The Balaban J connectivity index is 1.93. The van der Waals surface area contributed by atoms with Crippen molar-refractivity contribution in [2.45, 2.75) is 20.3 Å². The lowest BCUT2D eigenvalue weighted by atomic mass is 9.85. The standard InChI is InChI=1S/C17H19NO4/c1-17(2,9-12-6-4-3-5-7-12)11-18-15(19)14-8-13(10-22-14)16(20)21/h3-8,10H,9,11H2,1-2H3,(H,18,19)(H,20,21). The van der Waals surface area contributed by atoms with Crippen LogP contribution in [0.15, 0.2) is 47.1 Å². The molecule has 1 aromatic heterocycles. The molecule has 0 saturated heterocycles. The molecular formula is C17H19NO4. The summed E-state index contributed by atoms with van der Waals surface area (Å²) >= 11 is 0. The van der Waals surface area contributed by atoms with Gasteiger partial charge in [-0.25, -0.2) is 4.79 Å². The maximum Gasteiger partial charge on any atom is 0.338 e. The third kappa shape index (κ3) is 4.22. The lowest BCUT2D eigenvalue weighted by Crippen LogP contribution is -2.35. The molecule has 2 aromatic rings. The maximum absolute atomic E-state index is 12.0. The SMILES string of the molecule is CC(C)(CNC(=O)c1cc(C(=O)O)co1)Cc1ccccc1. The number of furan rings is 1. The lowest BCUT2D eigenvalue weighted by molar-refractivity contribution is 0.0696. The van der Waals surface area contributed by atoms with Crippen LogP contribution in [0, 0.1) is 5.41 Å². The summed E-state index contributed by atoms with van der Waals surface area (Å²) in [4.78, 5) is 22.7. The largest absolute Gasteiger partial charge is 0.478 e. The summed E-state index contributed by atoms with van der Waals surface area (Å²) in [5, 5.41) is 11.6. The van der Waals surface area contributed by atoms with E-state index in [1.807, 2.05) is 18.2 Å². The van der Waals surface area contributed by atoms with E-state index in [0.29, 0.717) is 6.54 Å². The monoisotopic (exact) mass is 301 g/mol. The Labute approximate surface area is 129 Å². The van der Waals surface area contributed by atoms with Crippen molar-refractivity contribution in [1.29, 1.82) is 0 Å². The van der Waals surface area contributed by atoms with Gasteiger partial charge in [0.25, 0.3) is 5.91 Å². The number of carboxylic acid groups (broad SMARTS) is 1. The first kappa shape index (κ1) is 15.8. The fourth-order valence-corrected chi connectivity index (χ4v) is 2.19. The molecule has 5 nitrogen and oxygen atoms in total. The van der Waals surface area contributed by atoms with Crippen molar-refractivity contribution < 1.29 is 19.1 Å². The topological polar surface area (TPSA) is 79.5 Å². The number of aromatic carboxylic acids is 1. The van der Waals surface area contributed by atoms with Gasteiger partial charge in [-0.05, 0) is 17.4 Å². The number of benzene rings is 1. The fourth-order valence-electron chi connectivity index (χ4n) is 2.19. The Hall–Kier alpha value is -2.56. The van der Waals surface area contributed by atoms with E-state index in [1.165, 1.54) is 11.6 Å². The molecule has 0 unspecified atom stereocenters. The lowest BCUT2D eigenvalue weighted by Gasteiger charge is -2.24. The first-order valence-corrected chi connectivity index (χ1v) is 7.01. The molecule has 0 aliphatic heterocycles. The van der Waals surface area contributed by atoms with Crippen molar-refractivity contribution in [3.8, 4) is 0 Å². The molecule has 0 fully saturated rings. The minimum atomic E-state index is -1.12. The van der Waals surface area contributed by atoms with Crippen molar-refractivity contribution >= 4 is 11.9 Å². The van der Waals surface area contributed by atoms with Crippen LogP contribution in [0.4, 0.5) is 0 Å². The molecule has 22 heavy (non-hydrogen) atoms. The predicted octanol–water partition coefficient (Wildman–Crippen LogP) is 2.98. The number of carbonyl (C=O) groups is 2. The summed E-state index contributed by atoms with van der Waals surface area (Å²) in [7, 11) is 0. The van der Waals surface area contributed by atoms with E-state index in [0.717, 1.165) is 12.7 Å². The highest BCUT2D eigenvalue weighted by Crippen LogP contribution is 2.21. The van der Waals surface area contributed by atoms with Crippen LogP contribution >= 0.6 is 0 Å². The number of nitrogens with one attached hydrogen (secondary N) is 1. The quantitative estimate of drug-likeness (QED) is 0.859. The van der Waals surface area contributed by atoms with Gasteiger partial charge in [0, 0.05) is 12.6 Å². The molecule has 0 radical (unpaired) electrons. The van der Waals surface area contributed by atoms with Crippen LogP contribution in [0.1, 0.15) is 40.3 Å². The summed E-state index contributed by atoms with van der Waals surface area (Å²) in [6.45, 7) is 4.58. The van der Waals surface area contributed by atoms with Crippen molar-refractivity contribution in [1.82, 2.24) is 5.32 Å². The molecule has 2 N–H and O–H groups in total. The Kier molecular flexibility index (Phi) is 4.65. The summed E-state index contributed by atoms with van der Waals surface area (Å²) in [5.74, 6) is -1.52. The van der Waals surface area contributed by atoms with Gasteiger partial charge in [0.15, 0.2) is 5.76 Å². The van der Waals surface area contributed by atoms with E-state index < -0.39 is 11.9 Å². The van der Waals surface area contributed by atoms with E-state index in [2.05, 4.69) is 31.3 Å². The van der Waals surface area contributed by atoms with Gasteiger partial charge in [0.2, 0.25) is 0 Å². The summed E-state index contributed by atoms with van der Waals surface area (Å²) in [6, 6.07) is 11.3. The molecule has 116 valence electrons. The molecule has 0 saturated carbocycles. The van der Waals surface area contributed by atoms with E-state index in [-0.39, 0.29) is 16.7 Å². The van der Waals surface area contributed by atoms with Gasteiger partial charge in [0.1, 0.15) is 6.26 Å². The van der Waals surface area contributed by atoms with E-state index in [1.54, 1.807) is 0 Å². The number of rotatable bonds is 6. The molecule has 1 aromatic carbocycles. The van der Waals surface area contributed by atoms with Crippen LogP contribution in [-0.4, -0.2) is 23.5 Å². The number of amides is 1. The van der Waals surface area contributed by atoms with Crippen molar-refractivity contribution in [3.05, 3.63) is 59.5 Å². The number of carboxylic acids is 1. The Bertz CT molecular complexity index is 658. The third-order valence-corrected chi connectivity index (χ3v) is 3.32. The smallest absolute Gasteiger partial charge is 0.338 e. The number of hydrogen-bond acceptors (Lipinski definition) is 3. The normalized spacial score (nSPS) is 11.2. The third-order valence-electron chi connectivity index (χ3n) is 3.32. The van der Waals surface area contributed by atoms with E-state index >= 15 is 0 Å². The highest BCUT2D eigenvalue weighted by Gasteiger charge is 2.21. The second-order valence-electron chi connectivity index (χ2n) is 6.01. The highest BCUT2D eigenvalue weighted by atomic mass is 16.4. The highest BCUT2D eigenvalue weighted by molar-refractivity contribution is 5.95. The molecular weight excluding hydrogens is 282 g/mol. The van der Waals surface area contributed by atoms with Crippen molar-refractivity contribution in [2.75, 3.05) is 6.54 Å². The summed E-state index contributed by atoms with van der Waals surface area (Å²) < 4.78 is 4.98. The molecule has 5 heteroatoms. The van der Waals surface area contributed by atoms with E-state index in [4.69, 9.17) is 9.52 Å². The van der Waals surface area contributed by atoms with Gasteiger partial charge >= 0.3 is 5.97 Å². The first-order chi connectivity index (χ1) is 10.4. The molecule has 1 heterocycles. The van der Waals surface area contributed by atoms with Gasteiger partial charge < -0.3 is 14.8 Å². The van der Waals surface area contributed by atoms with Crippen LogP contribution in [-0.2, 0) is 6.42 Å². The van der Waals surface area contributed by atoms with Crippen LogP contribution in [0.3, 0.4) is 0 Å². The molecule has 0 aliphatic rings. The van der Waals surface area contributed by atoms with Crippen LogP contribution < -0.4 is 5.32 Å². The van der Waals surface area contributed by atoms with Gasteiger partial charge in [-0.15, -0.1) is 0 Å². The van der Waals surface area contributed by atoms with Crippen molar-refractivity contribution in [2.24, 2.45) is 5.41 Å². The van der Waals surface area contributed by atoms with Crippen LogP contribution in [0.25, 0.3) is 0 Å². The number of hydrogen-bond donors (Lipinski definition) is 2. The molecule has 0 aliphatic carbocycles. The van der Waals surface area contributed by atoms with E-state index in [9.17, 15) is 9.59 Å². The zero-order valence-corrected chi connectivity index (χ0v) is 12.6.